The fraction of sp³-hybridized carbons (Fsp3) is 0.344. The van der Waals surface area contributed by atoms with Crippen LogP contribution in [0.5, 0.6) is 5.75 Å². The van der Waals surface area contributed by atoms with Gasteiger partial charge in [-0.25, -0.2) is 0 Å². The third-order valence-electron chi connectivity index (χ3n) is 7.98. The molecule has 218 valence electrons. The van der Waals surface area contributed by atoms with E-state index in [2.05, 4.69) is 5.32 Å². The van der Waals surface area contributed by atoms with Crippen molar-refractivity contribution < 1.29 is 24.4 Å². The van der Waals surface area contributed by atoms with Gasteiger partial charge >= 0.3 is 0 Å². The molecule has 2 heterocycles. The highest BCUT2D eigenvalue weighted by atomic mass is 16.6. The van der Waals surface area contributed by atoms with E-state index in [1.807, 2.05) is 38.1 Å². The molecule has 0 aromatic heterocycles. The summed E-state index contributed by atoms with van der Waals surface area (Å²) in [4.78, 5) is 56.3. The molecular formula is C32H34N4O6. The maximum atomic E-state index is 14.3. The van der Waals surface area contributed by atoms with Gasteiger partial charge in [0.1, 0.15) is 23.9 Å². The van der Waals surface area contributed by atoms with E-state index in [4.69, 9.17) is 0 Å². The maximum absolute atomic E-state index is 14.3. The van der Waals surface area contributed by atoms with Gasteiger partial charge in [-0.1, -0.05) is 50.2 Å². The molecule has 42 heavy (non-hydrogen) atoms. The molecule has 2 aliphatic rings. The summed E-state index contributed by atoms with van der Waals surface area (Å²) in [6, 6.07) is 17.2. The molecule has 3 amide bonds. The number of nitrogens with zero attached hydrogens (tertiary/aromatic N) is 3. The van der Waals surface area contributed by atoms with Crippen molar-refractivity contribution in [3.05, 3.63) is 105 Å². The molecule has 1 saturated heterocycles. The summed E-state index contributed by atoms with van der Waals surface area (Å²) < 4.78 is 0. The van der Waals surface area contributed by atoms with Crippen LogP contribution in [-0.4, -0.2) is 56.2 Å². The minimum absolute atomic E-state index is 0.0537. The number of aromatic hydroxyl groups is 1. The van der Waals surface area contributed by atoms with Crippen molar-refractivity contribution in [2.75, 3.05) is 6.54 Å². The summed E-state index contributed by atoms with van der Waals surface area (Å²) >= 11 is 0. The zero-order valence-corrected chi connectivity index (χ0v) is 23.6. The molecule has 0 saturated carbocycles. The van der Waals surface area contributed by atoms with Crippen LogP contribution >= 0.6 is 0 Å². The second-order valence-electron chi connectivity index (χ2n) is 11.3. The molecule has 1 fully saturated rings. The summed E-state index contributed by atoms with van der Waals surface area (Å²) in [5.41, 5.74) is 3.15. The number of hydrogen-bond donors (Lipinski definition) is 2. The number of carbonyl (C=O) groups excluding carboxylic acids is 3. The lowest BCUT2D eigenvalue weighted by Crippen LogP contribution is -2.67. The van der Waals surface area contributed by atoms with Gasteiger partial charge in [0, 0.05) is 31.6 Å². The summed E-state index contributed by atoms with van der Waals surface area (Å²) in [7, 11) is 0. The number of fused-ring (bicyclic) bond motifs is 2. The normalized spacial score (nSPS) is 18.8. The highest BCUT2D eigenvalue weighted by Crippen LogP contribution is 2.36. The van der Waals surface area contributed by atoms with Crippen molar-refractivity contribution in [1.29, 1.82) is 0 Å². The molecule has 3 aromatic rings. The molecule has 0 radical (unpaired) electrons. The topological polar surface area (TPSA) is 133 Å². The second kappa shape index (κ2) is 12.0. The zero-order valence-electron chi connectivity index (χ0n) is 23.6. The van der Waals surface area contributed by atoms with Crippen LogP contribution in [0.1, 0.15) is 48.6 Å². The summed E-state index contributed by atoms with van der Waals surface area (Å²) in [5, 5.41) is 23.8. The Kier molecular flexibility index (Phi) is 8.24. The highest BCUT2D eigenvalue weighted by molar-refractivity contribution is 6.00. The number of non-ortho nitro benzene ring substituents is 1. The molecule has 5 rings (SSSR count). The summed E-state index contributed by atoms with van der Waals surface area (Å²) in [6.07, 6.45) is 1.19. The Morgan fingerprint density at radius 3 is 2.31 bits per heavy atom. The Labute approximate surface area is 244 Å². The van der Waals surface area contributed by atoms with Crippen molar-refractivity contribution in [2.45, 2.75) is 57.8 Å². The molecule has 3 aromatic carbocycles. The molecule has 0 spiro atoms. The molecule has 2 aliphatic heterocycles. The first kappa shape index (κ1) is 28.8. The first-order valence-electron chi connectivity index (χ1n) is 14.1. The number of nitro groups is 1. The lowest BCUT2D eigenvalue weighted by Gasteiger charge is -2.49. The van der Waals surface area contributed by atoms with Gasteiger partial charge < -0.3 is 20.2 Å². The minimum atomic E-state index is -1.16. The number of hydrogen-bond acceptors (Lipinski definition) is 6. The Hall–Kier alpha value is -4.73. The van der Waals surface area contributed by atoms with Crippen LogP contribution in [0.4, 0.5) is 5.69 Å². The number of nitro benzene ring substituents is 1. The lowest BCUT2D eigenvalue weighted by molar-refractivity contribution is -0.384. The third-order valence-corrected chi connectivity index (χ3v) is 7.98. The summed E-state index contributed by atoms with van der Waals surface area (Å²) in [6.45, 7) is 4.51. The fourth-order valence-corrected chi connectivity index (χ4v) is 5.89. The number of phenols is 1. The van der Waals surface area contributed by atoms with Crippen molar-refractivity contribution in [1.82, 2.24) is 15.1 Å². The molecule has 10 nitrogen and oxygen atoms in total. The van der Waals surface area contributed by atoms with E-state index in [0.29, 0.717) is 31.4 Å². The standard InChI is InChI=1S/C32H34N4O6/c1-20(2)17-28-31(39)34-19-24-6-4-3-5-23(24)18-27(34)32(40)35(28)29(22-9-11-25(12-10-22)36(41)42)30(38)33-16-15-21-7-13-26(37)14-8-21/h3-14,20,27-29,37H,15-19H2,1-2H3,(H,33,38). The van der Waals surface area contributed by atoms with E-state index in [0.717, 1.165) is 16.7 Å². The Bertz CT molecular complexity index is 1490. The summed E-state index contributed by atoms with van der Waals surface area (Å²) in [5.74, 6) is -0.789. The van der Waals surface area contributed by atoms with Crippen LogP contribution in [0.3, 0.4) is 0 Å². The Morgan fingerprint density at radius 2 is 1.67 bits per heavy atom. The van der Waals surface area contributed by atoms with Crippen LogP contribution in [0.15, 0.2) is 72.8 Å². The van der Waals surface area contributed by atoms with E-state index < -0.39 is 29.0 Å². The maximum Gasteiger partial charge on any atom is 0.269 e. The van der Waals surface area contributed by atoms with E-state index in [1.165, 1.54) is 29.2 Å². The minimum Gasteiger partial charge on any atom is -0.508 e. The molecule has 3 unspecified atom stereocenters. The number of amides is 3. The lowest BCUT2D eigenvalue weighted by atomic mass is 9.86. The van der Waals surface area contributed by atoms with Crippen LogP contribution in [0.25, 0.3) is 0 Å². The van der Waals surface area contributed by atoms with Gasteiger partial charge in [0.25, 0.3) is 5.69 Å². The number of benzene rings is 3. The monoisotopic (exact) mass is 570 g/mol. The molecular weight excluding hydrogens is 536 g/mol. The largest absolute Gasteiger partial charge is 0.508 e. The predicted molar refractivity (Wildman–Crippen MR) is 155 cm³/mol. The van der Waals surface area contributed by atoms with Crippen molar-refractivity contribution in [3.8, 4) is 5.75 Å². The van der Waals surface area contributed by atoms with Gasteiger partial charge in [0.2, 0.25) is 17.7 Å². The van der Waals surface area contributed by atoms with Gasteiger partial charge in [-0.3, -0.25) is 24.5 Å². The van der Waals surface area contributed by atoms with Gasteiger partial charge in [-0.05, 0) is 65.3 Å². The van der Waals surface area contributed by atoms with Gasteiger partial charge in [0.15, 0.2) is 0 Å². The molecule has 10 heteroatoms. The third kappa shape index (κ3) is 5.83. The van der Waals surface area contributed by atoms with Crippen molar-refractivity contribution >= 4 is 23.4 Å². The SMILES string of the molecule is CC(C)CC1C(=O)N2Cc3ccccc3CC2C(=O)N1C(C(=O)NCCc1ccc(O)cc1)c1ccc([N+](=O)[O-])cc1. The smallest absolute Gasteiger partial charge is 0.269 e. The highest BCUT2D eigenvalue weighted by Gasteiger charge is 2.51. The van der Waals surface area contributed by atoms with Crippen molar-refractivity contribution in [3.63, 3.8) is 0 Å². The Morgan fingerprint density at radius 1 is 1.00 bits per heavy atom. The first-order chi connectivity index (χ1) is 20.1. The van der Waals surface area contributed by atoms with Gasteiger partial charge in [-0.15, -0.1) is 0 Å². The van der Waals surface area contributed by atoms with Crippen LogP contribution < -0.4 is 5.32 Å². The number of rotatable bonds is 9. The molecule has 2 N–H and O–H groups in total. The molecule has 0 bridgehead atoms. The van der Waals surface area contributed by atoms with E-state index in [-0.39, 0.29) is 35.7 Å². The number of carbonyl (C=O) groups is 3. The van der Waals surface area contributed by atoms with Gasteiger partial charge in [-0.2, -0.15) is 0 Å². The number of piperazine rings is 1. The molecule has 3 atom stereocenters. The van der Waals surface area contributed by atoms with Crippen LogP contribution in [0.2, 0.25) is 0 Å². The van der Waals surface area contributed by atoms with Crippen LogP contribution in [-0.2, 0) is 33.8 Å². The number of nitrogens with one attached hydrogen (secondary N) is 1. The molecule has 0 aliphatic carbocycles. The average Bonchev–Trinajstić information content (AvgIpc) is 2.97. The van der Waals surface area contributed by atoms with E-state index in [9.17, 15) is 29.6 Å². The average molecular weight is 571 g/mol. The van der Waals surface area contributed by atoms with E-state index in [1.54, 1.807) is 29.2 Å². The zero-order chi connectivity index (χ0) is 30.0. The number of phenolic OH excluding ortho intramolecular Hbond substituents is 1. The van der Waals surface area contributed by atoms with E-state index >= 15 is 0 Å². The predicted octanol–water partition coefficient (Wildman–Crippen LogP) is 3.91. The second-order valence-corrected chi connectivity index (χ2v) is 11.3. The Balaban J connectivity index is 1.50. The van der Waals surface area contributed by atoms with Crippen LogP contribution in [0, 0.1) is 16.0 Å². The quantitative estimate of drug-likeness (QED) is 0.296. The van der Waals surface area contributed by atoms with Gasteiger partial charge in [0.05, 0.1) is 4.92 Å². The fourth-order valence-electron chi connectivity index (χ4n) is 5.89. The first-order valence-corrected chi connectivity index (χ1v) is 14.1. The van der Waals surface area contributed by atoms with Crippen molar-refractivity contribution in [2.24, 2.45) is 5.92 Å².